The Morgan fingerprint density at radius 1 is 1.20 bits per heavy atom. The fourth-order valence-electron chi connectivity index (χ4n) is 3.21. The van der Waals surface area contributed by atoms with Crippen molar-refractivity contribution < 1.29 is 27.1 Å². The fourth-order valence-corrected chi connectivity index (χ4v) is 3.67. The highest BCUT2D eigenvalue weighted by molar-refractivity contribution is 7.86. The lowest BCUT2D eigenvalue weighted by atomic mass is 10.1. The number of carbonyl (C=O) groups is 1. The lowest BCUT2D eigenvalue weighted by molar-refractivity contribution is -0.384. The zero-order chi connectivity index (χ0) is 21.7. The molecular weight excluding hydrogens is 412 g/mol. The number of nitro benzene ring substituents is 1. The summed E-state index contributed by atoms with van der Waals surface area (Å²) in [5.41, 5.74) is 1.04. The van der Waals surface area contributed by atoms with Crippen molar-refractivity contribution in [2.75, 3.05) is 19.4 Å². The average Bonchev–Trinajstić information content (AvgIpc) is 3.20. The summed E-state index contributed by atoms with van der Waals surface area (Å²) in [7, 11) is -3.62. The maximum absolute atomic E-state index is 13.1. The van der Waals surface area contributed by atoms with Crippen LogP contribution < -0.4 is 4.18 Å². The summed E-state index contributed by atoms with van der Waals surface area (Å²) < 4.78 is 33.0. The molecule has 1 fully saturated rings. The van der Waals surface area contributed by atoms with E-state index in [1.54, 1.807) is 17.0 Å². The van der Waals surface area contributed by atoms with E-state index in [1.807, 2.05) is 0 Å². The molecule has 30 heavy (non-hydrogen) atoms. The van der Waals surface area contributed by atoms with Crippen LogP contribution in [0, 0.1) is 10.1 Å². The van der Waals surface area contributed by atoms with Gasteiger partial charge in [-0.3, -0.25) is 14.9 Å². The first-order valence-electron chi connectivity index (χ1n) is 9.35. The smallest absolute Gasteiger partial charge is 0.306 e. The topological polar surface area (TPSA) is 116 Å². The molecule has 1 atom stereocenters. The molecule has 9 nitrogen and oxygen atoms in total. The third-order valence-electron chi connectivity index (χ3n) is 4.60. The van der Waals surface area contributed by atoms with Crippen LogP contribution in [-0.2, 0) is 21.4 Å². The van der Waals surface area contributed by atoms with Crippen LogP contribution in [0.15, 0.2) is 48.5 Å². The van der Waals surface area contributed by atoms with Gasteiger partial charge in [0.25, 0.3) is 11.6 Å². The molecule has 1 aliphatic heterocycles. The molecule has 1 aliphatic rings. The number of benzene rings is 2. The third kappa shape index (κ3) is 6.01. The summed E-state index contributed by atoms with van der Waals surface area (Å²) in [4.78, 5) is 25.0. The van der Waals surface area contributed by atoms with E-state index in [2.05, 4.69) is 0 Å². The van der Waals surface area contributed by atoms with Crippen LogP contribution >= 0.6 is 0 Å². The molecular formula is C20H22N2O7S. The summed E-state index contributed by atoms with van der Waals surface area (Å²) in [5.74, 6) is -0.0783. The van der Waals surface area contributed by atoms with E-state index in [0.717, 1.165) is 24.7 Å². The molecule has 0 saturated carbocycles. The molecule has 2 aromatic carbocycles. The molecule has 160 valence electrons. The number of hydrogen-bond acceptors (Lipinski definition) is 7. The van der Waals surface area contributed by atoms with E-state index >= 15 is 0 Å². The molecule has 1 saturated heterocycles. The number of hydrogen-bond donors (Lipinski definition) is 0. The van der Waals surface area contributed by atoms with Crippen LogP contribution in [0.25, 0.3) is 0 Å². The first-order chi connectivity index (χ1) is 14.2. The number of ether oxygens (including phenoxy) is 1. The van der Waals surface area contributed by atoms with Crippen molar-refractivity contribution in [3.63, 3.8) is 0 Å². The van der Waals surface area contributed by atoms with Crippen molar-refractivity contribution in [1.82, 2.24) is 4.90 Å². The van der Waals surface area contributed by atoms with E-state index < -0.39 is 15.0 Å². The molecule has 0 unspecified atom stereocenters. The zero-order valence-electron chi connectivity index (χ0n) is 16.4. The van der Waals surface area contributed by atoms with Crippen LogP contribution in [0.1, 0.15) is 28.8 Å². The van der Waals surface area contributed by atoms with Gasteiger partial charge in [0.15, 0.2) is 0 Å². The number of amides is 1. The Labute approximate surface area is 174 Å². The van der Waals surface area contributed by atoms with Crippen molar-refractivity contribution in [2.24, 2.45) is 0 Å². The highest BCUT2D eigenvalue weighted by Gasteiger charge is 2.24. The molecule has 0 spiro atoms. The van der Waals surface area contributed by atoms with Gasteiger partial charge < -0.3 is 13.8 Å². The number of nitrogens with zero attached hydrogens (tertiary/aromatic N) is 2. The minimum Gasteiger partial charge on any atom is -0.383 e. The highest BCUT2D eigenvalue weighted by atomic mass is 32.2. The predicted molar refractivity (Wildman–Crippen MR) is 109 cm³/mol. The Morgan fingerprint density at radius 3 is 2.40 bits per heavy atom. The normalized spacial score (nSPS) is 16.2. The number of rotatable bonds is 8. The van der Waals surface area contributed by atoms with E-state index in [9.17, 15) is 23.3 Å². The standard InChI is InChI=1S/C20H22N2O7S/c1-30(26,27)29-18-10-4-15(5-11-18)13-21(14-19-3-2-12-28-19)20(23)16-6-8-17(9-7-16)22(24)25/h4-11,19H,2-3,12-14H2,1H3/t19-/m0/s1. The van der Waals surface area contributed by atoms with Crippen molar-refractivity contribution in [3.8, 4) is 5.75 Å². The largest absolute Gasteiger partial charge is 0.383 e. The van der Waals surface area contributed by atoms with Crippen molar-refractivity contribution >= 4 is 21.7 Å². The lowest BCUT2D eigenvalue weighted by Crippen LogP contribution is -2.37. The van der Waals surface area contributed by atoms with Crippen molar-refractivity contribution in [1.29, 1.82) is 0 Å². The third-order valence-corrected chi connectivity index (χ3v) is 5.10. The second-order valence-corrected chi connectivity index (χ2v) is 8.63. The molecule has 0 bridgehead atoms. The minimum absolute atomic E-state index is 0.0696. The SMILES string of the molecule is CS(=O)(=O)Oc1ccc(CN(C[C@@H]2CCCO2)C(=O)c2ccc([N+](=O)[O-])cc2)cc1. The predicted octanol–water partition coefficient (Wildman–Crippen LogP) is 2.75. The molecule has 2 aromatic rings. The number of carbonyl (C=O) groups excluding carboxylic acids is 1. The van der Waals surface area contributed by atoms with E-state index in [1.165, 1.54) is 36.4 Å². The first kappa shape index (κ1) is 21.7. The lowest BCUT2D eigenvalue weighted by Gasteiger charge is -2.26. The number of nitro groups is 1. The van der Waals surface area contributed by atoms with Gasteiger partial charge >= 0.3 is 10.1 Å². The molecule has 0 N–H and O–H groups in total. The van der Waals surface area contributed by atoms with Gasteiger partial charge in [0.05, 0.1) is 17.3 Å². The maximum Gasteiger partial charge on any atom is 0.306 e. The first-order valence-corrected chi connectivity index (χ1v) is 11.2. The highest BCUT2D eigenvalue weighted by Crippen LogP contribution is 2.20. The van der Waals surface area contributed by atoms with Crippen LogP contribution in [0.4, 0.5) is 5.69 Å². The second-order valence-electron chi connectivity index (χ2n) is 7.06. The summed E-state index contributed by atoms with van der Waals surface area (Å²) >= 11 is 0. The monoisotopic (exact) mass is 434 g/mol. The zero-order valence-corrected chi connectivity index (χ0v) is 17.2. The van der Waals surface area contributed by atoms with Gasteiger partial charge in [-0.1, -0.05) is 12.1 Å². The van der Waals surface area contributed by atoms with Gasteiger partial charge in [-0.05, 0) is 42.7 Å². The van der Waals surface area contributed by atoms with E-state index in [4.69, 9.17) is 8.92 Å². The fraction of sp³-hybridized carbons (Fsp3) is 0.350. The Morgan fingerprint density at radius 2 is 1.87 bits per heavy atom. The van der Waals surface area contributed by atoms with Gasteiger partial charge in [0.1, 0.15) is 5.75 Å². The molecule has 3 rings (SSSR count). The Hall–Kier alpha value is -2.98. The van der Waals surface area contributed by atoms with Crippen LogP contribution in [0.5, 0.6) is 5.75 Å². The van der Waals surface area contributed by atoms with Crippen LogP contribution in [0.3, 0.4) is 0 Å². The Bertz CT molecular complexity index is 998. The second kappa shape index (κ2) is 9.23. The van der Waals surface area contributed by atoms with Crippen LogP contribution in [0.2, 0.25) is 0 Å². The quantitative estimate of drug-likeness (QED) is 0.356. The van der Waals surface area contributed by atoms with Gasteiger partial charge in [0.2, 0.25) is 0 Å². The molecule has 10 heteroatoms. The summed E-state index contributed by atoms with van der Waals surface area (Å²) in [6.07, 6.45) is 2.68. The van der Waals surface area contributed by atoms with Crippen LogP contribution in [-0.4, -0.2) is 49.7 Å². The van der Waals surface area contributed by atoms with E-state index in [-0.39, 0.29) is 30.0 Å². The summed E-state index contributed by atoms with van der Waals surface area (Å²) in [6, 6.07) is 11.9. The Balaban J connectivity index is 1.77. The van der Waals surface area contributed by atoms with Gasteiger partial charge in [-0.25, -0.2) is 0 Å². The molecule has 1 amide bonds. The molecule has 1 heterocycles. The summed E-state index contributed by atoms with van der Waals surface area (Å²) in [6.45, 7) is 1.31. The summed E-state index contributed by atoms with van der Waals surface area (Å²) in [5, 5.41) is 10.8. The van der Waals surface area contributed by atoms with Crippen molar-refractivity contribution in [3.05, 3.63) is 69.8 Å². The van der Waals surface area contributed by atoms with Gasteiger partial charge in [0, 0.05) is 37.4 Å². The van der Waals surface area contributed by atoms with E-state index in [0.29, 0.717) is 18.7 Å². The van der Waals surface area contributed by atoms with Crippen molar-refractivity contribution in [2.45, 2.75) is 25.5 Å². The van der Waals surface area contributed by atoms with Gasteiger partial charge in [-0.2, -0.15) is 8.42 Å². The maximum atomic E-state index is 13.1. The molecule has 0 radical (unpaired) electrons. The van der Waals surface area contributed by atoms with Gasteiger partial charge in [-0.15, -0.1) is 0 Å². The average molecular weight is 434 g/mol. The number of non-ortho nitro benzene ring substituents is 1. The molecule has 0 aromatic heterocycles. The molecule has 0 aliphatic carbocycles. The minimum atomic E-state index is -3.62. The Kier molecular flexibility index (Phi) is 6.68.